The molecule has 0 N–H and O–H groups in total. The molecule has 11 aromatic carbocycles. The fraction of sp³-hybridized carbons (Fsp3) is 0.0149. The minimum atomic E-state index is -0.576. The average Bonchev–Trinajstić information content (AvgIpc) is 4.15. The first-order valence-electron chi connectivity index (χ1n) is 24.2. The first-order chi connectivity index (χ1) is 34.7. The molecule has 13 aromatic rings. The SMILES string of the molecule is c1ccc(-c2ccc(N(c3ccc(-n4c5ccccc5c5ccccc54)cc3)c3cccc(-c4c5c(cc6c4oc4ccccc46)-c4ccccc4C54c5ccccc5-c5ccccc54)c3)cc2)cc1. The molecule has 15 rings (SSSR count). The summed E-state index contributed by atoms with van der Waals surface area (Å²) >= 11 is 0. The lowest BCUT2D eigenvalue weighted by molar-refractivity contribution is 0.668. The van der Waals surface area contributed by atoms with Crippen molar-refractivity contribution in [2.24, 2.45) is 0 Å². The van der Waals surface area contributed by atoms with E-state index in [1.54, 1.807) is 0 Å². The molecule has 2 aliphatic rings. The van der Waals surface area contributed by atoms with Gasteiger partial charge in [0.2, 0.25) is 0 Å². The maximum Gasteiger partial charge on any atom is 0.143 e. The van der Waals surface area contributed by atoms with Crippen LogP contribution in [0.2, 0.25) is 0 Å². The molecule has 2 heterocycles. The lowest BCUT2D eigenvalue weighted by Gasteiger charge is -2.32. The highest BCUT2D eigenvalue weighted by Gasteiger charge is 2.53. The number of nitrogens with zero attached hydrogens (tertiary/aromatic N) is 2. The number of hydrogen-bond donors (Lipinski definition) is 0. The van der Waals surface area contributed by atoms with Crippen molar-refractivity contribution < 1.29 is 4.42 Å². The van der Waals surface area contributed by atoms with Gasteiger partial charge in [-0.1, -0.05) is 182 Å². The van der Waals surface area contributed by atoms with Crippen molar-refractivity contribution in [3.8, 4) is 50.2 Å². The van der Waals surface area contributed by atoms with Crippen molar-refractivity contribution in [1.29, 1.82) is 0 Å². The Morgan fingerprint density at radius 1 is 0.343 bits per heavy atom. The summed E-state index contributed by atoms with van der Waals surface area (Å²) in [5.74, 6) is 0. The summed E-state index contributed by atoms with van der Waals surface area (Å²) < 4.78 is 9.54. The lowest BCUT2D eigenvalue weighted by atomic mass is 9.68. The third kappa shape index (κ3) is 5.40. The van der Waals surface area contributed by atoms with Crippen LogP contribution in [0.25, 0.3) is 93.9 Å². The zero-order valence-electron chi connectivity index (χ0n) is 38.1. The van der Waals surface area contributed by atoms with Crippen molar-refractivity contribution in [2.45, 2.75) is 5.41 Å². The van der Waals surface area contributed by atoms with Crippen LogP contribution in [-0.2, 0) is 5.41 Å². The molecular weight excluding hydrogens is 849 g/mol. The minimum absolute atomic E-state index is 0.576. The van der Waals surface area contributed by atoms with Crippen LogP contribution >= 0.6 is 0 Å². The molecule has 1 spiro atoms. The van der Waals surface area contributed by atoms with Crippen LogP contribution in [0.5, 0.6) is 0 Å². The highest BCUT2D eigenvalue weighted by atomic mass is 16.3. The summed E-state index contributed by atoms with van der Waals surface area (Å²) in [5, 5.41) is 4.74. The highest BCUT2D eigenvalue weighted by molar-refractivity contribution is 6.15. The molecule has 70 heavy (non-hydrogen) atoms. The maximum absolute atomic E-state index is 7.16. The van der Waals surface area contributed by atoms with Crippen LogP contribution in [0.15, 0.2) is 259 Å². The summed E-state index contributed by atoms with van der Waals surface area (Å²) in [6.45, 7) is 0. The molecule has 3 nitrogen and oxygen atoms in total. The van der Waals surface area contributed by atoms with E-state index in [0.29, 0.717) is 0 Å². The van der Waals surface area contributed by atoms with Gasteiger partial charge in [0.25, 0.3) is 0 Å². The lowest BCUT2D eigenvalue weighted by Crippen LogP contribution is -2.26. The van der Waals surface area contributed by atoms with E-state index in [1.807, 2.05) is 0 Å². The van der Waals surface area contributed by atoms with E-state index in [1.165, 1.54) is 77.4 Å². The molecular formula is C67H42N2O. The normalized spacial score (nSPS) is 13.0. The monoisotopic (exact) mass is 890 g/mol. The minimum Gasteiger partial charge on any atom is -0.455 e. The van der Waals surface area contributed by atoms with Crippen molar-refractivity contribution in [2.75, 3.05) is 4.90 Å². The van der Waals surface area contributed by atoms with E-state index in [9.17, 15) is 0 Å². The third-order valence-electron chi connectivity index (χ3n) is 15.2. The standard InChI is InChI=1S/C67H42N2O/c1-2-17-43(18-3-1)44-33-35-46(36-34-44)68(47-37-39-48(40-38-47)69-61-30-13-7-24-53(61)54-25-8-14-31-62(54)69)49-20-16-19-45(41-49)64-65-56(42-57-55-26-9-15-32-63(55)70-66(57)64)52-23-6-12-29-60(52)67(65)58-27-10-4-21-50(58)51-22-5-11-28-59(51)67/h1-42H. The van der Waals surface area contributed by atoms with Gasteiger partial charge in [-0.25, -0.2) is 0 Å². The van der Waals surface area contributed by atoms with E-state index in [2.05, 4.69) is 264 Å². The molecule has 0 amide bonds. The van der Waals surface area contributed by atoms with Gasteiger partial charge in [0, 0.05) is 49.9 Å². The number of para-hydroxylation sites is 3. The number of benzene rings is 11. The predicted octanol–water partition coefficient (Wildman–Crippen LogP) is 17.8. The van der Waals surface area contributed by atoms with E-state index >= 15 is 0 Å². The van der Waals surface area contributed by atoms with Crippen LogP contribution in [0.1, 0.15) is 22.3 Å². The van der Waals surface area contributed by atoms with Gasteiger partial charge in [-0.2, -0.15) is 0 Å². The molecule has 0 fully saturated rings. The second-order valence-electron chi connectivity index (χ2n) is 18.7. The largest absolute Gasteiger partial charge is 0.455 e. The van der Waals surface area contributed by atoms with Gasteiger partial charge in [0.15, 0.2) is 0 Å². The van der Waals surface area contributed by atoms with Gasteiger partial charge >= 0.3 is 0 Å². The Balaban J connectivity index is 0.977. The van der Waals surface area contributed by atoms with Gasteiger partial charge in [0.1, 0.15) is 11.2 Å². The Bertz CT molecular complexity index is 4130. The summed E-state index contributed by atoms with van der Waals surface area (Å²) in [4.78, 5) is 2.40. The van der Waals surface area contributed by atoms with Crippen molar-refractivity contribution in [3.05, 3.63) is 277 Å². The molecule has 0 atom stereocenters. The van der Waals surface area contributed by atoms with Crippen LogP contribution < -0.4 is 4.90 Å². The molecule has 0 bridgehead atoms. The summed E-state index contributed by atoms with van der Waals surface area (Å²) in [6, 6.07) is 93.4. The van der Waals surface area contributed by atoms with Gasteiger partial charge < -0.3 is 13.9 Å². The van der Waals surface area contributed by atoms with Crippen LogP contribution in [-0.4, -0.2) is 4.57 Å². The van der Waals surface area contributed by atoms with E-state index in [0.717, 1.165) is 55.8 Å². The van der Waals surface area contributed by atoms with E-state index < -0.39 is 5.41 Å². The number of anilines is 3. The van der Waals surface area contributed by atoms with E-state index in [-0.39, 0.29) is 0 Å². The number of fused-ring (bicyclic) bond motifs is 16. The zero-order valence-corrected chi connectivity index (χ0v) is 38.1. The second-order valence-corrected chi connectivity index (χ2v) is 18.7. The van der Waals surface area contributed by atoms with Crippen molar-refractivity contribution >= 4 is 60.8 Å². The fourth-order valence-electron chi connectivity index (χ4n) is 12.3. The number of hydrogen-bond acceptors (Lipinski definition) is 2. The highest BCUT2D eigenvalue weighted by Crippen LogP contribution is 2.66. The van der Waals surface area contributed by atoms with Crippen LogP contribution in [0.3, 0.4) is 0 Å². The Morgan fingerprint density at radius 3 is 1.49 bits per heavy atom. The van der Waals surface area contributed by atoms with Crippen LogP contribution in [0.4, 0.5) is 17.1 Å². The first kappa shape index (κ1) is 38.9. The second kappa shape index (κ2) is 14.9. The number of aromatic nitrogens is 1. The summed E-state index contributed by atoms with van der Waals surface area (Å²) in [5.41, 5.74) is 22.7. The smallest absolute Gasteiger partial charge is 0.143 e. The average molecular weight is 891 g/mol. The summed E-state index contributed by atoms with van der Waals surface area (Å²) in [6.07, 6.45) is 0. The third-order valence-corrected chi connectivity index (χ3v) is 15.2. The molecule has 0 saturated carbocycles. The molecule has 2 aromatic heterocycles. The predicted molar refractivity (Wildman–Crippen MR) is 290 cm³/mol. The molecule has 326 valence electrons. The van der Waals surface area contributed by atoms with E-state index in [4.69, 9.17) is 4.42 Å². The first-order valence-corrected chi connectivity index (χ1v) is 24.2. The van der Waals surface area contributed by atoms with Gasteiger partial charge in [-0.15, -0.1) is 0 Å². The van der Waals surface area contributed by atoms with Gasteiger partial charge in [0.05, 0.1) is 16.4 Å². The van der Waals surface area contributed by atoms with Gasteiger partial charge in [-0.3, -0.25) is 0 Å². The van der Waals surface area contributed by atoms with Gasteiger partial charge in [-0.05, 0) is 134 Å². The molecule has 2 aliphatic carbocycles. The van der Waals surface area contributed by atoms with Crippen LogP contribution in [0, 0.1) is 0 Å². The molecule has 0 saturated heterocycles. The number of furan rings is 1. The molecule has 0 radical (unpaired) electrons. The molecule has 3 heteroatoms. The molecule has 0 unspecified atom stereocenters. The Labute approximate surface area is 405 Å². The summed E-state index contributed by atoms with van der Waals surface area (Å²) in [7, 11) is 0. The molecule has 0 aliphatic heterocycles. The zero-order chi connectivity index (χ0) is 45.9. The topological polar surface area (TPSA) is 21.3 Å². The Hall–Kier alpha value is -9.18. The van der Waals surface area contributed by atoms with Crippen molar-refractivity contribution in [1.82, 2.24) is 4.57 Å². The van der Waals surface area contributed by atoms with Crippen molar-refractivity contribution in [3.63, 3.8) is 0 Å². The number of rotatable bonds is 6. The fourth-order valence-corrected chi connectivity index (χ4v) is 12.3. The maximum atomic E-state index is 7.16. The quantitative estimate of drug-likeness (QED) is 0.166. The Kier molecular flexibility index (Phi) is 8.28. The Morgan fingerprint density at radius 2 is 0.843 bits per heavy atom.